The first-order valence-electron chi connectivity index (χ1n) is 9.74. The van der Waals surface area contributed by atoms with Crippen molar-refractivity contribution in [2.45, 2.75) is 13.5 Å². The Morgan fingerprint density at radius 2 is 1.68 bits per heavy atom. The number of aromatic nitrogens is 3. The number of benzene rings is 3. The summed E-state index contributed by atoms with van der Waals surface area (Å²) in [6.07, 6.45) is 0. The number of aryl methyl sites for hydroxylation is 1. The molecule has 1 heterocycles. The lowest BCUT2D eigenvalue weighted by molar-refractivity contribution is 0.0947. The van der Waals surface area contributed by atoms with E-state index in [2.05, 4.69) is 15.4 Å². The maximum atomic E-state index is 13.1. The van der Waals surface area contributed by atoms with E-state index in [0.29, 0.717) is 28.9 Å². The number of ether oxygens (including phenoxy) is 1. The molecule has 0 aliphatic carbocycles. The SMILES string of the molecule is COc1ccc(CNc2nc(-c3ccc(C)cc3)nn2C(=O)c2ccc(Cl)cc2)cc1. The smallest absolute Gasteiger partial charge is 0.281 e. The number of nitrogens with zero attached hydrogens (tertiary/aromatic N) is 3. The lowest BCUT2D eigenvalue weighted by atomic mass is 10.1. The Labute approximate surface area is 185 Å². The highest BCUT2D eigenvalue weighted by molar-refractivity contribution is 6.30. The minimum Gasteiger partial charge on any atom is -0.497 e. The molecule has 0 saturated carbocycles. The second-order valence-electron chi connectivity index (χ2n) is 7.05. The highest BCUT2D eigenvalue weighted by Crippen LogP contribution is 2.21. The van der Waals surface area contributed by atoms with Gasteiger partial charge >= 0.3 is 0 Å². The number of anilines is 1. The predicted octanol–water partition coefficient (Wildman–Crippen LogP) is 5.22. The molecule has 6 nitrogen and oxygen atoms in total. The van der Waals surface area contributed by atoms with Gasteiger partial charge < -0.3 is 10.1 Å². The quantitative estimate of drug-likeness (QED) is 0.452. The van der Waals surface area contributed by atoms with Crippen molar-refractivity contribution in [2.75, 3.05) is 12.4 Å². The molecule has 31 heavy (non-hydrogen) atoms. The standard InChI is InChI=1S/C24H21ClN4O2/c1-16-3-7-18(8-4-16)22-27-24(26-15-17-5-13-21(31-2)14-6-17)29(28-22)23(30)19-9-11-20(25)12-10-19/h3-14H,15H2,1-2H3,(H,26,27,28). The third-order valence-corrected chi connectivity index (χ3v) is 5.06. The van der Waals surface area contributed by atoms with Crippen LogP contribution in [0, 0.1) is 6.92 Å². The number of nitrogens with one attached hydrogen (secondary N) is 1. The first kappa shape index (κ1) is 20.6. The van der Waals surface area contributed by atoms with Crippen LogP contribution in [0.15, 0.2) is 72.8 Å². The molecule has 0 aliphatic rings. The van der Waals surface area contributed by atoms with E-state index in [-0.39, 0.29) is 5.91 Å². The van der Waals surface area contributed by atoms with Gasteiger partial charge in [-0.25, -0.2) is 0 Å². The predicted molar refractivity (Wildman–Crippen MR) is 122 cm³/mol. The Bertz CT molecular complexity index is 1180. The van der Waals surface area contributed by atoms with Crippen molar-refractivity contribution in [3.8, 4) is 17.1 Å². The fourth-order valence-corrected chi connectivity index (χ4v) is 3.16. The van der Waals surface area contributed by atoms with Crippen LogP contribution < -0.4 is 10.1 Å². The summed E-state index contributed by atoms with van der Waals surface area (Å²) >= 11 is 5.96. The van der Waals surface area contributed by atoms with Crippen LogP contribution in [0.4, 0.5) is 5.95 Å². The minimum atomic E-state index is -0.292. The lowest BCUT2D eigenvalue weighted by Gasteiger charge is -2.08. The number of hydrogen-bond acceptors (Lipinski definition) is 5. The number of rotatable bonds is 6. The summed E-state index contributed by atoms with van der Waals surface area (Å²) in [6, 6.07) is 22.2. The molecule has 0 amide bonds. The molecule has 0 radical (unpaired) electrons. The summed E-state index contributed by atoms with van der Waals surface area (Å²) in [6.45, 7) is 2.49. The fourth-order valence-electron chi connectivity index (χ4n) is 3.03. The maximum Gasteiger partial charge on any atom is 0.281 e. The van der Waals surface area contributed by atoms with Crippen molar-refractivity contribution < 1.29 is 9.53 Å². The van der Waals surface area contributed by atoms with Crippen molar-refractivity contribution in [2.24, 2.45) is 0 Å². The van der Waals surface area contributed by atoms with Crippen molar-refractivity contribution in [3.05, 3.63) is 94.5 Å². The zero-order valence-electron chi connectivity index (χ0n) is 17.2. The molecule has 0 bridgehead atoms. The van der Waals surface area contributed by atoms with Crippen molar-refractivity contribution in [1.29, 1.82) is 0 Å². The van der Waals surface area contributed by atoms with E-state index in [9.17, 15) is 4.79 Å². The monoisotopic (exact) mass is 432 g/mol. The summed E-state index contributed by atoms with van der Waals surface area (Å²) in [7, 11) is 1.63. The van der Waals surface area contributed by atoms with E-state index in [4.69, 9.17) is 16.3 Å². The molecule has 7 heteroatoms. The van der Waals surface area contributed by atoms with Gasteiger partial charge in [-0.1, -0.05) is 53.6 Å². The van der Waals surface area contributed by atoms with Gasteiger partial charge in [0.1, 0.15) is 5.75 Å². The molecule has 0 unspecified atom stereocenters. The van der Waals surface area contributed by atoms with Crippen molar-refractivity contribution in [1.82, 2.24) is 14.8 Å². The van der Waals surface area contributed by atoms with Crippen LogP contribution in [0.1, 0.15) is 21.5 Å². The Balaban J connectivity index is 1.66. The molecule has 0 spiro atoms. The summed E-state index contributed by atoms with van der Waals surface area (Å²) < 4.78 is 6.49. The van der Waals surface area contributed by atoms with Gasteiger partial charge in [0.15, 0.2) is 5.82 Å². The van der Waals surface area contributed by atoms with E-state index in [0.717, 1.165) is 22.4 Å². The third-order valence-electron chi connectivity index (χ3n) is 4.81. The van der Waals surface area contributed by atoms with Crippen molar-refractivity contribution >= 4 is 23.5 Å². The molecule has 1 aromatic heterocycles. The van der Waals surface area contributed by atoms with Crippen LogP contribution in [0.5, 0.6) is 5.75 Å². The Kier molecular flexibility index (Phi) is 6.00. The summed E-state index contributed by atoms with van der Waals surface area (Å²) in [4.78, 5) is 17.7. The molecule has 4 rings (SSSR count). The van der Waals surface area contributed by atoms with E-state index in [1.807, 2.05) is 55.5 Å². The zero-order chi connectivity index (χ0) is 21.8. The molecule has 0 atom stereocenters. The fraction of sp³-hybridized carbons (Fsp3) is 0.125. The molecule has 0 saturated heterocycles. The van der Waals surface area contributed by atoms with Gasteiger partial charge in [-0.2, -0.15) is 9.67 Å². The van der Waals surface area contributed by atoms with E-state index < -0.39 is 0 Å². The highest BCUT2D eigenvalue weighted by Gasteiger charge is 2.19. The van der Waals surface area contributed by atoms with Crippen LogP contribution in [0.2, 0.25) is 5.02 Å². The number of carbonyl (C=O) groups excluding carboxylic acids is 1. The molecule has 156 valence electrons. The van der Waals surface area contributed by atoms with Gasteiger partial charge in [-0.05, 0) is 48.9 Å². The molecular weight excluding hydrogens is 412 g/mol. The third kappa shape index (κ3) is 4.75. The van der Waals surface area contributed by atoms with Crippen LogP contribution in [0.25, 0.3) is 11.4 Å². The summed E-state index contributed by atoms with van der Waals surface area (Å²) in [5.41, 5.74) is 3.46. The van der Waals surface area contributed by atoms with Crippen LogP contribution in [-0.4, -0.2) is 27.8 Å². The number of carbonyl (C=O) groups is 1. The van der Waals surface area contributed by atoms with Crippen LogP contribution >= 0.6 is 11.6 Å². The lowest BCUT2D eigenvalue weighted by Crippen LogP contribution is -2.17. The van der Waals surface area contributed by atoms with Gasteiger partial charge in [-0.3, -0.25) is 4.79 Å². The molecule has 0 fully saturated rings. The molecule has 0 aliphatic heterocycles. The summed E-state index contributed by atoms with van der Waals surface area (Å²) in [5, 5.41) is 8.28. The second-order valence-corrected chi connectivity index (χ2v) is 7.49. The molecular formula is C24H21ClN4O2. The van der Waals surface area contributed by atoms with Gasteiger partial charge in [0, 0.05) is 22.7 Å². The van der Waals surface area contributed by atoms with Gasteiger partial charge in [0.05, 0.1) is 7.11 Å². The Hall–Kier alpha value is -3.64. The van der Waals surface area contributed by atoms with Crippen LogP contribution in [-0.2, 0) is 6.54 Å². The minimum absolute atomic E-state index is 0.292. The van der Waals surface area contributed by atoms with Gasteiger partial charge in [-0.15, -0.1) is 5.10 Å². The molecule has 4 aromatic rings. The van der Waals surface area contributed by atoms with E-state index in [1.54, 1.807) is 31.4 Å². The number of hydrogen-bond donors (Lipinski definition) is 1. The largest absolute Gasteiger partial charge is 0.497 e. The Morgan fingerprint density at radius 1 is 1.00 bits per heavy atom. The molecule has 3 aromatic carbocycles. The van der Waals surface area contributed by atoms with Crippen LogP contribution in [0.3, 0.4) is 0 Å². The van der Waals surface area contributed by atoms with Gasteiger partial charge in [0.25, 0.3) is 5.91 Å². The normalized spacial score (nSPS) is 10.7. The highest BCUT2D eigenvalue weighted by atomic mass is 35.5. The number of methoxy groups -OCH3 is 1. The average Bonchev–Trinajstić information content (AvgIpc) is 3.23. The summed E-state index contributed by atoms with van der Waals surface area (Å²) in [5.74, 6) is 1.33. The van der Waals surface area contributed by atoms with Crippen molar-refractivity contribution in [3.63, 3.8) is 0 Å². The number of halogens is 1. The maximum absolute atomic E-state index is 13.1. The topological polar surface area (TPSA) is 69.0 Å². The second kappa shape index (κ2) is 9.02. The van der Waals surface area contributed by atoms with E-state index in [1.165, 1.54) is 4.68 Å². The first-order valence-corrected chi connectivity index (χ1v) is 10.1. The zero-order valence-corrected chi connectivity index (χ0v) is 17.9. The van der Waals surface area contributed by atoms with E-state index >= 15 is 0 Å². The first-order chi connectivity index (χ1) is 15.0. The van der Waals surface area contributed by atoms with Gasteiger partial charge in [0.2, 0.25) is 5.95 Å². The average molecular weight is 433 g/mol. The Morgan fingerprint density at radius 3 is 2.32 bits per heavy atom. The molecule has 1 N–H and O–H groups in total.